The zero-order valence-electron chi connectivity index (χ0n) is 21.4. The van der Waals surface area contributed by atoms with E-state index in [1.54, 1.807) is 84.9 Å². The quantitative estimate of drug-likeness (QED) is 0.187. The first-order chi connectivity index (χ1) is 17.7. The highest BCUT2D eigenvalue weighted by Crippen LogP contribution is 2.49. The number of benzene rings is 3. The van der Waals surface area contributed by atoms with E-state index in [9.17, 15) is 13.5 Å². The van der Waals surface area contributed by atoms with E-state index in [1.807, 2.05) is 6.92 Å². The van der Waals surface area contributed by atoms with E-state index in [2.05, 4.69) is 6.92 Å². The van der Waals surface area contributed by atoms with E-state index in [0.29, 0.717) is 6.42 Å². The van der Waals surface area contributed by atoms with Gasteiger partial charge in [0, 0.05) is 0 Å². The lowest BCUT2D eigenvalue weighted by Gasteiger charge is -2.38. The number of unbranched alkanes of at least 4 members (excludes halogenated alkanes) is 3. The Bertz CT molecular complexity index is 1160. The number of hydrogen-bond donors (Lipinski definition) is 1. The van der Waals surface area contributed by atoms with Crippen LogP contribution in [-0.2, 0) is 19.3 Å². The number of aliphatic hydroxyl groups excluding tert-OH is 1. The van der Waals surface area contributed by atoms with Crippen molar-refractivity contribution in [3.8, 4) is 0 Å². The number of halogens is 2. The second-order valence-electron chi connectivity index (χ2n) is 9.44. The normalized spacial score (nSPS) is 13.4. The molecule has 0 saturated heterocycles. The molecule has 1 atom stereocenters. The smallest absolute Gasteiger partial charge is 0.369 e. The third-order valence-corrected chi connectivity index (χ3v) is 9.00. The number of alkyl halides is 2. The molecule has 3 aromatic carbocycles. The zero-order chi connectivity index (χ0) is 26.9. The van der Waals surface area contributed by atoms with E-state index in [0.717, 1.165) is 31.2 Å². The van der Waals surface area contributed by atoms with E-state index >= 15 is 8.78 Å². The monoisotopic (exact) mass is 530 g/mol. The van der Waals surface area contributed by atoms with Crippen LogP contribution in [0.15, 0.2) is 84.9 Å². The first-order valence-electron chi connectivity index (χ1n) is 12.7. The molecule has 0 fully saturated rings. The summed E-state index contributed by atoms with van der Waals surface area (Å²) in [5.74, 6) is 0. The summed E-state index contributed by atoms with van der Waals surface area (Å²) in [6.45, 7) is 2.21. The predicted octanol–water partition coefficient (Wildman–Crippen LogP) is 6.64. The average Bonchev–Trinajstić information content (AvgIpc) is 2.89. The molecule has 7 heteroatoms. The van der Waals surface area contributed by atoms with Crippen LogP contribution < -0.4 is 0 Å². The van der Waals surface area contributed by atoms with Crippen molar-refractivity contribution in [3.05, 3.63) is 107 Å². The predicted molar refractivity (Wildman–Crippen MR) is 143 cm³/mol. The Morgan fingerprint density at radius 2 is 1.32 bits per heavy atom. The van der Waals surface area contributed by atoms with Gasteiger partial charge in [-0.05, 0) is 30.0 Å². The molecule has 0 bridgehead atoms. The average molecular weight is 531 g/mol. The van der Waals surface area contributed by atoms with Gasteiger partial charge in [-0.3, -0.25) is 0 Å². The lowest BCUT2D eigenvalue weighted by molar-refractivity contribution is -0.0442. The fourth-order valence-corrected chi connectivity index (χ4v) is 6.63. The number of aryl methyl sites for hydroxylation is 1. The standard InChI is InChI=1S/C30H36F2O4S/c1-3-4-5-12-17-28(33)22-36-23-29(31,32)37(34,35)30(25-13-8-6-9-14-25,26-15-10-7-11-16-26)27-20-18-24(2)19-21-27/h6-11,13-16,18-21,28,33H,3-5,12,17,22-23H2,1-2H3. The molecule has 0 heterocycles. The van der Waals surface area contributed by atoms with Crippen LogP contribution in [0, 0.1) is 6.92 Å². The molecule has 200 valence electrons. The van der Waals surface area contributed by atoms with Crippen LogP contribution >= 0.6 is 0 Å². The van der Waals surface area contributed by atoms with Crippen molar-refractivity contribution >= 4 is 9.84 Å². The van der Waals surface area contributed by atoms with Crippen molar-refractivity contribution in [2.45, 2.75) is 62.1 Å². The Balaban J connectivity index is 2.04. The van der Waals surface area contributed by atoms with Gasteiger partial charge in [-0.2, -0.15) is 8.78 Å². The maximum absolute atomic E-state index is 15.8. The summed E-state index contributed by atoms with van der Waals surface area (Å²) in [4.78, 5) is 0. The molecule has 0 aromatic heterocycles. The SMILES string of the molecule is CCCCCCC(O)COCC(F)(F)S(=O)(=O)C(c1ccccc1)(c1ccccc1)c1ccc(C)cc1. The van der Waals surface area contributed by atoms with Gasteiger partial charge in [0.05, 0.1) is 12.7 Å². The maximum atomic E-state index is 15.8. The number of ether oxygens (including phenoxy) is 1. The Labute approximate surface area is 219 Å². The Morgan fingerprint density at radius 1 is 0.811 bits per heavy atom. The van der Waals surface area contributed by atoms with Crippen LogP contribution in [-0.4, -0.2) is 38.1 Å². The third-order valence-electron chi connectivity index (χ3n) is 6.59. The van der Waals surface area contributed by atoms with Crippen molar-refractivity contribution in [2.75, 3.05) is 13.2 Å². The van der Waals surface area contributed by atoms with Gasteiger partial charge >= 0.3 is 5.25 Å². The minimum absolute atomic E-state index is 0.209. The van der Waals surface area contributed by atoms with Gasteiger partial charge < -0.3 is 9.84 Å². The highest BCUT2D eigenvalue weighted by molar-refractivity contribution is 7.93. The summed E-state index contributed by atoms with van der Waals surface area (Å²) in [5, 5.41) is 5.90. The van der Waals surface area contributed by atoms with Gasteiger partial charge in [0.15, 0.2) is 4.75 Å². The molecule has 0 aliphatic rings. The van der Waals surface area contributed by atoms with Gasteiger partial charge in [-0.15, -0.1) is 0 Å². The molecule has 0 amide bonds. The van der Waals surface area contributed by atoms with Gasteiger partial charge in [0.2, 0.25) is 9.84 Å². The fraction of sp³-hybridized carbons (Fsp3) is 0.400. The Kier molecular flexibility index (Phi) is 9.99. The molecule has 0 spiro atoms. The molecular weight excluding hydrogens is 494 g/mol. The Hall–Kier alpha value is -2.61. The zero-order valence-corrected chi connectivity index (χ0v) is 22.3. The first kappa shape index (κ1) is 29.0. The molecular formula is C30H36F2O4S. The summed E-state index contributed by atoms with van der Waals surface area (Å²) in [5.41, 5.74) is 1.51. The minimum atomic E-state index is -5.30. The van der Waals surface area contributed by atoms with Crippen LogP contribution in [0.1, 0.15) is 61.3 Å². The van der Waals surface area contributed by atoms with Gasteiger partial charge in [-0.25, -0.2) is 8.42 Å². The van der Waals surface area contributed by atoms with Crippen molar-refractivity contribution in [1.82, 2.24) is 0 Å². The van der Waals surface area contributed by atoms with Gasteiger partial charge in [0.1, 0.15) is 6.61 Å². The van der Waals surface area contributed by atoms with Crippen LogP contribution in [0.3, 0.4) is 0 Å². The summed E-state index contributed by atoms with van der Waals surface area (Å²) < 4.78 is 63.0. The van der Waals surface area contributed by atoms with Crippen LogP contribution in [0.2, 0.25) is 0 Å². The molecule has 1 N–H and O–H groups in total. The molecule has 3 aromatic rings. The molecule has 4 nitrogen and oxygen atoms in total. The topological polar surface area (TPSA) is 63.6 Å². The molecule has 0 aliphatic carbocycles. The molecule has 3 rings (SSSR count). The van der Waals surface area contributed by atoms with E-state index in [4.69, 9.17) is 4.74 Å². The van der Waals surface area contributed by atoms with Crippen molar-refractivity contribution in [1.29, 1.82) is 0 Å². The van der Waals surface area contributed by atoms with Crippen molar-refractivity contribution in [2.24, 2.45) is 0 Å². The number of hydrogen-bond acceptors (Lipinski definition) is 4. The summed E-state index contributed by atoms with van der Waals surface area (Å²) in [6, 6.07) is 22.8. The highest BCUT2D eigenvalue weighted by atomic mass is 32.2. The number of aliphatic hydroxyl groups is 1. The molecule has 0 aliphatic heterocycles. The second-order valence-corrected chi connectivity index (χ2v) is 11.7. The molecule has 37 heavy (non-hydrogen) atoms. The summed E-state index contributed by atoms with van der Waals surface area (Å²) >= 11 is 0. The van der Waals surface area contributed by atoms with Crippen LogP contribution in [0.25, 0.3) is 0 Å². The first-order valence-corrected chi connectivity index (χ1v) is 14.2. The maximum Gasteiger partial charge on any atom is 0.369 e. The molecule has 0 radical (unpaired) electrons. The summed E-state index contributed by atoms with van der Waals surface area (Å²) in [7, 11) is -5.30. The molecule has 0 saturated carbocycles. The fourth-order valence-electron chi connectivity index (χ4n) is 4.60. The minimum Gasteiger partial charge on any atom is -0.391 e. The number of rotatable bonds is 14. The van der Waals surface area contributed by atoms with E-state index in [-0.39, 0.29) is 23.3 Å². The van der Waals surface area contributed by atoms with Crippen LogP contribution in [0.5, 0.6) is 0 Å². The largest absolute Gasteiger partial charge is 0.391 e. The van der Waals surface area contributed by atoms with Crippen LogP contribution in [0.4, 0.5) is 8.78 Å². The number of sulfone groups is 1. The van der Waals surface area contributed by atoms with Crippen molar-refractivity contribution in [3.63, 3.8) is 0 Å². The van der Waals surface area contributed by atoms with E-state index in [1.165, 1.54) is 0 Å². The lowest BCUT2D eigenvalue weighted by Crippen LogP contribution is -2.49. The van der Waals surface area contributed by atoms with Crippen molar-refractivity contribution < 1.29 is 27.0 Å². The third kappa shape index (κ3) is 6.28. The Morgan fingerprint density at radius 3 is 1.84 bits per heavy atom. The lowest BCUT2D eigenvalue weighted by atomic mass is 9.84. The van der Waals surface area contributed by atoms with Gasteiger partial charge in [-0.1, -0.05) is 123 Å². The summed E-state index contributed by atoms with van der Waals surface area (Å²) in [6.07, 6.45) is 3.25. The highest BCUT2D eigenvalue weighted by Gasteiger charge is 2.61. The van der Waals surface area contributed by atoms with Gasteiger partial charge in [0.25, 0.3) is 0 Å². The van der Waals surface area contributed by atoms with E-state index < -0.39 is 32.5 Å². The molecule has 1 unspecified atom stereocenters. The second kappa shape index (κ2) is 12.8.